The molecule has 4 aromatic heterocycles. The van der Waals surface area contributed by atoms with Crippen molar-refractivity contribution in [3.8, 4) is 55.9 Å². The van der Waals surface area contributed by atoms with Gasteiger partial charge in [0.25, 0.3) is 0 Å². The molecule has 0 bridgehead atoms. The van der Waals surface area contributed by atoms with Gasteiger partial charge in [0.2, 0.25) is 0 Å². The first-order valence-corrected chi connectivity index (χ1v) is 44.5. The van der Waals surface area contributed by atoms with Crippen molar-refractivity contribution >= 4 is 162 Å². The number of anilines is 6. The summed E-state index contributed by atoms with van der Waals surface area (Å²) in [6.45, 7) is 0. The van der Waals surface area contributed by atoms with E-state index in [4.69, 9.17) is 0 Å². The predicted octanol–water partition coefficient (Wildman–Crippen LogP) is 32.2. The summed E-state index contributed by atoms with van der Waals surface area (Å²) in [4.78, 5) is 5.00. The van der Waals surface area contributed by atoms with Gasteiger partial charge in [0, 0.05) is 107 Å². The second-order valence-electron chi connectivity index (χ2n) is 33.6. The Morgan fingerprint density at radius 3 is 0.968 bits per heavy atom. The zero-order valence-electron chi connectivity index (χ0n) is 67.2. The van der Waals surface area contributed by atoms with E-state index >= 15 is 0 Å². The Morgan fingerprint density at radius 1 is 0.177 bits per heavy atom. The molecular weight excluding hydrogens is 1540 g/mol. The van der Waals surface area contributed by atoms with Gasteiger partial charge in [-0.25, -0.2) is 0 Å². The van der Waals surface area contributed by atoms with E-state index in [1.54, 1.807) is 0 Å². The van der Waals surface area contributed by atoms with E-state index in [-0.39, 0.29) is 0 Å². The molecule has 2 spiro atoms. The smallest absolute Gasteiger partial charge is 0.0726 e. The summed E-state index contributed by atoms with van der Waals surface area (Å²) >= 11 is 3.74. The third-order valence-corrected chi connectivity index (χ3v) is 29.8. The Balaban J connectivity index is 0.000000130. The van der Waals surface area contributed by atoms with Crippen molar-refractivity contribution in [2.24, 2.45) is 0 Å². The van der Waals surface area contributed by atoms with Crippen LogP contribution in [0.1, 0.15) is 44.5 Å². The van der Waals surface area contributed by atoms with Crippen molar-refractivity contribution < 1.29 is 0 Å². The van der Waals surface area contributed by atoms with Gasteiger partial charge in [-0.2, -0.15) is 0 Å². The fourth-order valence-corrected chi connectivity index (χ4v) is 24.8. The van der Waals surface area contributed by atoms with Crippen molar-refractivity contribution in [2.45, 2.75) is 10.8 Å². The quantitative estimate of drug-likeness (QED) is 0.151. The lowest BCUT2D eigenvalue weighted by atomic mass is 9.61. The van der Waals surface area contributed by atoms with Crippen LogP contribution >= 0.6 is 22.7 Å². The second kappa shape index (κ2) is 26.5. The zero-order valence-corrected chi connectivity index (χ0v) is 68.8. The average molecular weight is 1610 g/mol. The van der Waals surface area contributed by atoms with Crippen LogP contribution in [0.15, 0.2) is 437 Å². The number of nitrogens with zero attached hydrogens (tertiary/aromatic N) is 4. The van der Waals surface area contributed by atoms with Gasteiger partial charge < -0.3 is 18.9 Å². The lowest BCUT2D eigenvalue weighted by Crippen LogP contribution is -2.32. The van der Waals surface area contributed by atoms with Crippen molar-refractivity contribution in [1.82, 2.24) is 9.13 Å². The van der Waals surface area contributed by atoms with Crippen LogP contribution < -0.4 is 9.80 Å². The van der Waals surface area contributed by atoms with E-state index in [1.807, 2.05) is 22.7 Å². The molecule has 2 atom stereocenters. The van der Waals surface area contributed by atoms with E-state index in [1.165, 1.54) is 195 Å². The molecule has 20 aromatic carbocycles. The van der Waals surface area contributed by atoms with Gasteiger partial charge in [0.1, 0.15) is 0 Å². The van der Waals surface area contributed by atoms with E-state index in [9.17, 15) is 0 Å². The molecule has 0 aliphatic heterocycles. The molecular formula is C118H72N4S2. The Hall–Kier alpha value is -15.4. The number of aromatic nitrogens is 2. The summed E-state index contributed by atoms with van der Waals surface area (Å²) in [5, 5.41) is 15.4. The minimum Gasteiger partial charge on any atom is -0.310 e. The number of hydrogen-bond acceptors (Lipinski definition) is 4. The number of para-hydroxylation sites is 4. The van der Waals surface area contributed by atoms with Gasteiger partial charge in [0.15, 0.2) is 0 Å². The van der Waals surface area contributed by atoms with Crippen LogP contribution in [0.5, 0.6) is 0 Å². The number of fused-ring (bicyclic) bond motifs is 30. The third kappa shape index (κ3) is 9.66. The fourth-order valence-electron chi connectivity index (χ4n) is 22.6. The molecule has 0 fully saturated rings. The molecule has 4 aliphatic carbocycles. The minimum absolute atomic E-state index is 0.517. The lowest BCUT2D eigenvalue weighted by Gasteiger charge is -2.40. The van der Waals surface area contributed by atoms with Crippen LogP contribution in [-0.2, 0) is 10.8 Å². The highest BCUT2D eigenvalue weighted by Gasteiger charge is 2.52. The first kappa shape index (κ1) is 69.4. The summed E-state index contributed by atoms with van der Waals surface area (Å²) in [6.07, 6.45) is 0. The van der Waals surface area contributed by atoms with Gasteiger partial charge >= 0.3 is 0 Å². The molecule has 28 rings (SSSR count). The van der Waals surface area contributed by atoms with Crippen LogP contribution in [0.3, 0.4) is 0 Å². The van der Waals surface area contributed by atoms with Crippen molar-refractivity contribution in [1.29, 1.82) is 0 Å². The zero-order chi connectivity index (χ0) is 81.0. The topological polar surface area (TPSA) is 16.3 Å². The lowest BCUT2D eigenvalue weighted by molar-refractivity contribution is 0.773. The maximum Gasteiger partial charge on any atom is 0.0726 e. The summed E-state index contributed by atoms with van der Waals surface area (Å²) in [7, 11) is 0. The average Bonchev–Trinajstić information content (AvgIpc) is 1.42. The molecule has 24 aromatic rings. The Labute approximate surface area is 723 Å². The summed E-state index contributed by atoms with van der Waals surface area (Å²) in [5.41, 5.74) is 33.8. The molecule has 4 heterocycles. The van der Waals surface area contributed by atoms with Gasteiger partial charge in [-0.1, -0.05) is 309 Å². The first-order valence-electron chi connectivity index (χ1n) is 42.8. The highest BCUT2D eigenvalue weighted by atomic mass is 32.1. The number of thiophene rings is 2. The standard InChI is InChI=1S/2C59H36N2S/c1-2-16-38(17-3-1)61-54-26-10-6-20-45(54)46-32-29-41(36-55(46)61)60(39-30-33-57-49(34-39)47-21-7-11-27-56(47)62-57)40-28-31-44-42-18-4-8-23-50(42)59(53(44)35-40)51-24-9-5-19-43(51)48-22-12-14-37-15-13-25-52(59)58(37)48;1-2-16-38(17-3-1)61-54-26-10-6-20-45(54)46-32-29-40(35-55(46)61)60(41-30-33-48-47-21-7-11-27-56(47)62-57(48)36-41)39-28-31-44-42-18-4-8-23-50(42)59(53(44)34-39)51-24-9-5-19-43(51)49-22-12-14-37-15-13-25-52(59)58(37)49/h2*1-36H. The van der Waals surface area contributed by atoms with Crippen LogP contribution in [0, 0.1) is 0 Å². The number of rotatable bonds is 8. The molecule has 6 heteroatoms. The highest BCUT2D eigenvalue weighted by Crippen LogP contribution is 2.65. The van der Waals surface area contributed by atoms with E-state index in [0.29, 0.717) is 0 Å². The Kier molecular flexibility index (Phi) is 14.8. The van der Waals surface area contributed by atoms with Gasteiger partial charge in [0.05, 0.1) is 32.9 Å². The van der Waals surface area contributed by atoms with Crippen LogP contribution in [0.25, 0.3) is 161 Å². The maximum atomic E-state index is 2.52. The van der Waals surface area contributed by atoms with Gasteiger partial charge in [-0.05, 0) is 238 Å². The van der Waals surface area contributed by atoms with Crippen LogP contribution in [0.4, 0.5) is 34.1 Å². The summed E-state index contributed by atoms with van der Waals surface area (Å²) in [5.74, 6) is 0. The first-order chi connectivity index (χ1) is 61.5. The van der Waals surface area contributed by atoms with Crippen LogP contribution in [-0.4, -0.2) is 9.13 Å². The second-order valence-corrected chi connectivity index (χ2v) is 35.7. The maximum absolute atomic E-state index is 2.52. The molecule has 4 nitrogen and oxygen atoms in total. The van der Waals surface area contributed by atoms with Crippen molar-refractivity contribution in [3.63, 3.8) is 0 Å². The molecule has 0 amide bonds. The van der Waals surface area contributed by atoms with E-state index in [2.05, 4.69) is 456 Å². The SMILES string of the molecule is c1ccc(-n2c3ccccc3c3ccc(N(c4ccc5c(c4)C4(c6ccccc6-5)c5ccccc5-c5cccc6cccc4c56)c4ccc5c(c4)sc4ccccc45)cc32)cc1.c1ccc(-n2c3ccccc3c3ccc(N(c4ccc5c(c4)C4(c6ccccc6-5)c5ccccc5-c5cccc6cccc4c56)c4ccc5sc6ccccc6c5c4)cc32)cc1. The molecule has 4 aliphatic rings. The Morgan fingerprint density at radius 2 is 0.484 bits per heavy atom. The molecule has 0 saturated heterocycles. The normalized spacial score (nSPS) is 14.8. The minimum atomic E-state index is -0.519. The largest absolute Gasteiger partial charge is 0.310 e. The molecule has 0 radical (unpaired) electrons. The summed E-state index contributed by atoms with van der Waals surface area (Å²) in [6, 6.07) is 164. The number of benzene rings is 20. The number of hydrogen-bond donors (Lipinski definition) is 0. The fraction of sp³-hybridized carbons (Fsp3) is 0.0169. The van der Waals surface area contributed by atoms with E-state index in [0.717, 1.165) is 45.5 Å². The highest BCUT2D eigenvalue weighted by molar-refractivity contribution is 7.26. The van der Waals surface area contributed by atoms with Gasteiger partial charge in [-0.15, -0.1) is 22.7 Å². The van der Waals surface area contributed by atoms with Crippen LogP contribution in [0.2, 0.25) is 0 Å². The molecule has 576 valence electrons. The predicted molar refractivity (Wildman–Crippen MR) is 524 cm³/mol. The van der Waals surface area contributed by atoms with E-state index < -0.39 is 10.8 Å². The monoisotopic (exact) mass is 1610 g/mol. The van der Waals surface area contributed by atoms with Crippen molar-refractivity contribution in [3.05, 3.63) is 481 Å². The van der Waals surface area contributed by atoms with Gasteiger partial charge in [-0.3, -0.25) is 0 Å². The Bertz CT molecular complexity index is 8660. The third-order valence-electron chi connectivity index (χ3n) is 27.5. The molecule has 0 N–H and O–H groups in total. The molecule has 0 saturated carbocycles. The molecule has 2 unspecified atom stereocenters. The van der Waals surface area contributed by atoms with Crippen molar-refractivity contribution in [2.75, 3.05) is 9.80 Å². The molecule has 124 heavy (non-hydrogen) atoms. The summed E-state index contributed by atoms with van der Waals surface area (Å²) < 4.78 is 10.0.